The summed E-state index contributed by atoms with van der Waals surface area (Å²) in [7, 11) is 0. The number of carbonyl (C=O) groups is 1. The predicted molar refractivity (Wildman–Crippen MR) is 55.3 cm³/mol. The van der Waals surface area contributed by atoms with E-state index in [1.165, 1.54) is 0 Å². The van der Waals surface area contributed by atoms with E-state index in [4.69, 9.17) is 5.73 Å². The first kappa shape index (κ1) is 14.8. The van der Waals surface area contributed by atoms with Gasteiger partial charge in [-0.1, -0.05) is 15.9 Å². The molecule has 1 rings (SSSR count). The average molecular weight is 333 g/mol. The van der Waals surface area contributed by atoms with Gasteiger partial charge in [0.05, 0.1) is 16.8 Å². The fourth-order valence-electron chi connectivity index (χ4n) is 1.28. The van der Waals surface area contributed by atoms with Crippen LogP contribution in [-0.4, -0.2) is 10.9 Å². The summed E-state index contributed by atoms with van der Waals surface area (Å²) < 4.78 is 62.7. The molecule has 0 fully saturated rings. The molecule has 0 atom stereocenters. The molecular weight excluding hydrogens is 327 g/mol. The molecule has 9 heteroatoms. The average Bonchev–Trinajstić information content (AvgIpc) is 2.25. The fraction of sp³-hybridized carbons (Fsp3) is 0.333. The minimum absolute atomic E-state index is 0.164. The number of nitrogens with two attached hydrogens (primary N) is 1. The van der Waals surface area contributed by atoms with E-state index in [0.29, 0.717) is 6.07 Å². The number of rotatable bonds is 3. The van der Waals surface area contributed by atoms with Crippen molar-refractivity contribution in [1.29, 1.82) is 0 Å². The van der Waals surface area contributed by atoms with Crippen molar-refractivity contribution in [1.82, 2.24) is 4.98 Å². The highest BCUT2D eigenvalue weighted by atomic mass is 79.9. The molecule has 0 aliphatic rings. The maximum absolute atomic E-state index is 12.6. The van der Waals surface area contributed by atoms with E-state index >= 15 is 0 Å². The van der Waals surface area contributed by atoms with Crippen molar-refractivity contribution in [2.45, 2.75) is 17.9 Å². The summed E-state index contributed by atoms with van der Waals surface area (Å²) in [6.07, 6.45) is -8.44. The number of alkyl halides is 6. The lowest BCUT2D eigenvalue weighted by atomic mass is 10.1. The van der Waals surface area contributed by atoms with Crippen LogP contribution in [0.4, 0.5) is 22.0 Å². The monoisotopic (exact) mass is 332 g/mol. The first-order chi connectivity index (χ1) is 8.18. The van der Waals surface area contributed by atoms with Crippen LogP contribution in [0.1, 0.15) is 33.7 Å². The highest BCUT2D eigenvalue weighted by Gasteiger charge is 2.38. The molecule has 0 aliphatic carbocycles. The molecule has 100 valence electrons. The van der Waals surface area contributed by atoms with Gasteiger partial charge >= 0.3 is 6.18 Å². The van der Waals surface area contributed by atoms with Crippen molar-refractivity contribution in [3.63, 3.8) is 0 Å². The van der Waals surface area contributed by atoms with E-state index < -0.39 is 35.3 Å². The molecular formula is C9H6BrF5N2O. The van der Waals surface area contributed by atoms with Crippen LogP contribution in [0.15, 0.2) is 6.07 Å². The Morgan fingerprint density at radius 1 is 1.44 bits per heavy atom. The zero-order valence-corrected chi connectivity index (χ0v) is 10.1. The summed E-state index contributed by atoms with van der Waals surface area (Å²) in [5.74, 6) is -1.16. The standard InChI is InChI=1S/C9H6BrF5N2O/c10-2-5-3(8(16)18)1-4(9(13,14)15)6(17-5)7(11)12/h1,7H,2H2,(H2,16,18). The molecule has 1 amide bonds. The molecule has 0 aromatic carbocycles. The summed E-state index contributed by atoms with van der Waals surface area (Å²) in [6, 6.07) is 0.299. The van der Waals surface area contributed by atoms with Crippen molar-refractivity contribution in [2.75, 3.05) is 0 Å². The van der Waals surface area contributed by atoms with Crippen molar-refractivity contribution in [3.05, 3.63) is 28.6 Å². The van der Waals surface area contributed by atoms with E-state index in [0.717, 1.165) is 0 Å². The lowest BCUT2D eigenvalue weighted by molar-refractivity contribution is -0.140. The van der Waals surface area contributed by atoms with Gasteiger partial charge in [-0.3, -0.25) is 4.79 Å². The van der Waals surface area contributed by atoms with E-state index in [1.54, 1.807) is 0 Å². The summed E-state index contributed by atoms with van der Waals surface area (Å²) in [5.41, 5.74) is 1.01. The third kappa shape index (κ3) is 2.95. The van der Waals surface area contributed by atoms with Gasteiger partial charge in [-0.2, -0.15) is 13.2 Å². The second kappa shape index (κ2) is 5.17. The molecule has 2 N–H and O–H groups in total. The van der Waals surface area contributed by atoms with Crippen LogP contribution >= 0.6 is 15.9 Å². The first-order valence-corrected chi connectivity index (χ1v) is 5.55. The van der Waals surface area contributed by atoms with Crippen molar-refractivity contribution >= 4 is 21.8 Å². The minimum Gasteiger partial charge on any atom is -0.366 e. The molecule has 0 aliphatic heterocycles. The van der Waals surface area contributed by atoms with E-state index in [-0.39, 0.29) is 11.0 Å². The van der Waals surface area contributed by atoms with Gasteiger partial charge < -0.3 is 5.73 Å². The third-order valence-corrected chi connectivity index (χ3v) is 2.57. The van der Waals surface area contributed by atoms with Gasteiger partial charge in [0, 0.05) is 5.33 Å². The van der Waals surface area contributed by atoms with Crippen LogP contribution in [0, 0.1) is 0 Å². The molecule has 1 aromatic heterocycles. The maximum Gasteiger partial charge on any atom is 0.418 e. The Kier molecular flexibility index (Phi) is 4.25. The van der Waals surface area contributed by atoms with Crippen molar-refractivity contribution in [3.8, 4) is 0 Å². The van der Waals surface area contributed by atoms with Gasteiger partial charge in [0.2, 0.25) is 0 Å². The van der Waals surface area contributed by atoms with Gasteiger partial charge in [0.1, 0.15) is 5.69 Å². The third-order valence-electron chi connectivity index (χ3n) is 2.04. The molecule has 0 spiro atoms. The van der Waals surface area contributed by atoms with Crippen molar-refractivity contribution in [2.24, 2.45) is 5.73 Å². The molecule has 0 bridgehead atoms. The molecule has 0 saturated heterocycles. The van der Waals surface area contributed by atoms with Gasteiger partial charge in [0.15, 0.2) is 0 Å². The number of primary amides is 1. The highest BCUT2D eigenvalue weighted by molar-refractivity contribution is 9.08. The molecule has 1 heterocycles. The van der Waals surface area contributed by atoms with Gasteiger partial charge in [-0.15, -0.1) is 0 Å². The maximum atomic E-state index is 12.6. The smallest absolute Gasteiger partial charge is 0.366 e. The number of hydrogen-bond donors (Lipinski definition) is 1. The Morgan fingerprint density at radius 3 is 2.33 bits per heavy atom. The van der Waals surface area contributed by atoms with Crippen LogP contribution in [0.3, 0.4) is 0 Å². The number of pyridine rings is 1. The zero-order chi connectivity index (χ0) is 14.1. The Morgan fingerprint density at radius 2 is 2.00 bits per heavy atom. The Balaban J connectivity index is 3.58. The summed E-state index contributed by atoms with van der Waals surface area (Å²) in [5, 5.41) is -0.164. The number of aromatic nitrogens is 1. The van der Waals surface area contributed by atoms with Crippen LogP contribution in [0.5, 0.6) is 0 Å². The predicted octanol–water partition coefficient (Wildman–Crippen LogP) is 3.03. The van der Waals surface area contributed by atoms with Crippen LogP contribution in [0.2, 0.25) is 0 Å². The summed E-state index contributed by atoms with van der Waals surface area (Å²) in [6.45, 7) is 0. The van der Waals surface area contributed by atoms with E-state index in [2.05, 4.69) is 20.9 Å². The SMILES string of the molecule is NC(=O)c1cc(C(F)(F)F)c(C(F)F)nc1CBr. The molecule has 18 heavy (non-hydrogen) atoms. The molecule has 0 saturated carbocycles. The zero-order valence-electron chi connectivity index (χ0n) is 8.56. The summed E-state index contributed by atoms with van der Waals surface area (Å²) >= 11 is 2.84. The Bertz CT molecular complexity index is 475. The molecule has 0 radical (unpaired) electrons. The summed E-state index contributed by atoms with van der Waals surface area (Å²) in [4.78, 5) is 14.1. The quantitative estimate of drug-likeness (QED) is 0.683. The number of halogens is 6. The number of carbonyl (C=O) groups excluding carboxylic acids is 1. The molecule has 0 unspecified atom stereocenters. The minimum atomic E-state index is -5.03. The topological polar surface area (TPSA) is 56.0 Å². The molecule has 1 aromatic rings. The largest absolute Gasteiger partial charge is 0.418 e. The number of amides is 1. The first-order valence-electron chi connectivity index (χ1n) is 4.43. The van der Waals surface area contributed by atoms with Crippen molar-refractivity contribution < 1.29 is 26.7 Å². The lowest BCUT2D eigenvalue weighted by Gasteiger charge is -2.14. The number of nitrogens with zero attached hydrogens (tertiary/aromatic N) is 1. The van der Waals surface area contributed by atoms with E-state index in [1.807, 2.05) is 0 Å². The Hall–Kier alpha value is -1.25. The van der Waals surface area contributed by atoms with Crippen LogP contribution in [-0.2, 0) is 11.5 Å². The second-order valence-corrected chi connectivity index (χ2v) is 3.77. The van der Waals surface area contributed by atoms with Crippen LogP contribution < -0.4 is 5.73 Å². The second-order valence-electron chi connectivity index (χ2n) is 3.21. The van der Waals surface area contributed by atoms with Gasteiger partial charge in [0.25, 0.3) is 12.3 Å². The van der Waals surface area contributed by atoms with Gasteiger partial charge in [-0.25, -0.2) is 13.8 Å². The van der Waals surface area contributed by atoms with E-state index in [9.17, 15) is 26.7 Å². The van der Waals surface area contributed by atoms with Crippen LogP contribution in [0.25, 0.3) is 0 Å². The van der Waals surface area contributed by atoms with Gasteiger partial charge in [-0.05, 0) is 6.07 Å². The number of hydrogen-bond acceptors (Lipinski definition) is 2. The lowest BCUT2D eigenvalue weighted by Crippen LogP contribution is -2.20. The highest BCUT2D eigenvalue weighted by Crippen LogP contribution is 2.36. The Labute approximate surface area is 106 Å². The normalized spacial score (nSPS) is 11.9. The fourth-order valence-corrected chi connectivity index (χ4v) is 1.70. The molecule has 3 nitrogen and oxygen atoms in total.